The Balaban J connectivity index is 2.35. The van der Waals surface area contributed by atoms with Crippen molar-refractivity contribution in [3.63, 3.8) is 0 Å². The van der Waals surface area contributed by atoms with Gasteiger partial charge in [-0.25, -0.2) is 4.98 Å². The largest absolute Gasteiger partial charge is 0.344 e. The van der Waals surface area contributed by atoms with Gasteiger partial charge in [0.25, 0.3) is 0 Å². The van der Waals surface area contributed by atoms with Crippen molar-refractivity contribution in [3.05, 3.63) is 29.4 Å². The zero-order chi connectivity index (χ0) is 8.39. The molecule has 0 saturated carbocycles. The van der Waals surface area contributed by atoms with E-state index in [0.717, 1.165) is 12.2 Å². The van der Waals surface area contributed by atoms with Crippen LogP contribution in [0.4, 0.5) is 0 Å². The highest BCUT2D eigenvalue weighted by Gasteiger charge is 2.02. The molecule has 62 valence electrons. The molecule has 0 atom stereocenters. The highest BCUT2D eigenvalue weighted by Crippen LogP contribution is 2.25. The molecule has 2 aromatic rings. The number of hydrogen-bond acceptors (Lipinski definition) is 2. The Labute approximate surface area is 75.3 Å². The average Bonchev–Trinajstić information content (AvgIpc) is 2.75. The summed E-state index contributed by atoms with van der Waals surface area (Å²) in [7, 11) is 0. The number of nitrogens with one attached hydrogen (secondary N) is 1. The van der Waals surface area contributed by atoms with E-state index in [0.29, 0.717) is 0 Å². The van der Waals surface area contributed by atoms with Gasteiger partial charge in [-0.15, -0.1) is 11.3 Å². The number of imidazole rings is 1. The predicted octanol–water partition coefficient (Wildman–Crippen LogP) is 2.70. The number of aromatic nitrogens is 2. The van der Waals surface area contributed by atoms with E-state index in [1.165, 1.54) is 9.75 Å². The molecule has 0 unspecified atom stereocenters. The summed E-state index contributed by atoms with van der Waals surface area (Å²) in [4.78, 5) is 9.90. The van der Waals surface area contributed by atoms with Crippen molar-refractivity contribution in [1.82, 2.24) is 9.97 Å². The van der Waals surface area contributed by atoms with Crippen molar-refractivity contribution >= 4 is 11.3 Å². The molecule has 2 nitrogen and oxygen atoms in total. The fourth-order valence-corrected chi connectivity index (χ4v) is 2.00. The van der Waals surface area contributed by atoms with Gasteiger partial charge < -0.3 is 4.98 Å². The van der Waals surface area contributed by atoms with Crippen LogP contribution < -0.4 is 0 Å². The van der Waals surface area contributed by atoms with Gasteiger partial charge in [0.1, 0.15) is 5.82 Å². The van der Waals surface area contributed by atoms with Crippen LogP contribution in [0.15, 0.2) is 24.5 Å². The first-order chi connectivity index (χ1) is 5.90. The molecular formula is C9H10N2S. The minimum Gasteiger partial charge on any atom is -0.344 e. The fourth-order valence-electron chi connectivity index (χ4n) is 1.10. The minimum absolute atomic E-state index is 0.972. The molecule has 0 bridgehead atoms. The van der Waals surface area contributed by atoms with Crippen LogP contribution in [0, 0.1) is 0 Å². The third kappa shape index (κ3) is 1.28. The first-order valence-electron chi connectivity index (χ1n) is 3.98. The lowest BCUT2D eigenvalue weighted by Gasteiger charge is -1.87. The van der Waals surface area contributed by atoms with E-state index in [4.69, 9.17) is 0 Å². The third-order valence-electron chi connectivity index (χ3n) is 1.74. The summed E-state index contributed by atoms with van der Waals surface area (Å²) in [5.41, 5.74) is 0. The van der Waals surface area contributed by atoms with E-state index >= 15 is 0 Å². The third-order valence-corrected chi connectivity index (χ3v) is 2.98. The zero-order valence-corrected chi connectivity index (χ0v) is 7.69. The SMILES string of the molecule is CCc1ccc(-c2ncc[nH]2)s1. The molecule has 12 heavy (non-hydrogen) atoms. The maximum atomic E-state index is 4.19. The molecule has 0 saturated heterocycles. The Morgan fingerprint density at radius 3 is 3.00 bits per heavy atom. The number of H-pyrrole nitrogens is 1. The second-order valence-corrected chi connectivity index (χ2v) is 3.73. The van der Waals surface area contributed by atoms with Crippen molar-refractivity contribution in [2.45, 2.75) is 13.3 Å². The van der Waals surface area contributed by atoms with Gasteiger partial charge in [0.2, 0.25) is 0 Å². The summed E-state index contributed by atoms with van der Waals surface area (Å²) in [5.74, 6) is 0.972. The Hall–Kier alpha value is -1.09. The molecule has 0 aromatic carbocycles. The van der Waals surface area contributed by atoms with Crippen molar-refractivity contribution in [2.75, 3.05) is 0 Å². The number of rotatable bonds is 2. The van der Waals surface area contributed by atoms with Gasteiger partial charge in [0, 0.05) is 17.3 Å². The molecule has 0 amide bonds. The summed E-state index contributed by atoms with van der Waals surface area (Å²) in [6, 6.07) is 4.27. The monoisotopic (exact) mass is 178 g/mol. The van der Waals surface area contributed by atoms with Crippen molar-refractivity contribution in [2.24, 2.45) is 0 Å². The number of hydrogen-bond donors (Lipinski definition) is 1. The van der Waals surface area contributed by atoms with Crippen LogP contribution in [-0.4, -0.2) is 9.97 Å². The number of nitrogens with zero attached hydrogens (tertiary/aromatic N) is 1. The Morgan fingerprint density at radius 1 is 1.50 bits per heavy atom. The molecule has 0 fully saturated rings. The maximum absolute atomic E-state index is 4.19. The topological polar surface area (TPSA) is 28.7 Å². The van der Waals surface area contributed by atoms with Crippen LogP contribution in [-0.2, 0) is 6.42 Å². The van der Waals surface area contributed by atoms with Gasteiger partial charge in [-0.05, 0) is 18.6 Å². The normalized spacial score (nSPS) is 10.4. The van der Waals surface area contributed by atoms with Gasteiger partial charge in [0.15, 0.2) is 0 Å². The highest BCUT2D eigenvalue weighted by molar-refractivity contribution is 7.15. The molecule has 0 spiro atoms. The molecule has 1 N–H and O–H groups in total. The van der Waals surface area contributed by atoms with E-state index in [1.807, 2.05) is 6.20 Å². The van der Waals surface area contributed by atoms with Crippen LogP contribution in [0.3, 0.4) is 0 Å². The summed E-state index contributed by atoms with van der Waals surface area (Å²) in [6.07, 6.45) is 4.73. The Kier molecular flexibility index (Phi) is 1.96. The molecule has 2 rings (SSSR count). The van der Waals surface area contributed by atoms with Crippen molar-refractivity contribution in [1.29, 1.82) is 0 Å². The molecule has 3 heteroatoms. The lowest BCUT2D eigenvalue weighted by molar-refractivity contribution is 1.19. The van der Waals surface area contributed by atoms with Crippen LogP contribution >= 0.6 is 11.3 Å². The van der Waals surface area contributed by atoms with Gasteiger partial charge in [0.05, 0.1) is 4.88 Å². The van der Waals surface area contributed by atoms with Crippen LogP contribution in [0.2, 0.25) is 0 Å². The van der Waals surface area contributed by atoms with Crippen molar-refractivity contribution in [3.8, 4) is 10.7 Å². The van der Waals surface area contributed by atoms with Gasteiger partial charge in [-0.3, -0.25) is 0 Å². The van der Waals surface area contributed by atoms with E-state index in [9.17, 15) is 0 Å². The predicted molar refractivity (Wildman–Crippen MR) is 51.3 cm³/mol. The number of aryl methyl sites for hydroxylation is 1. The lowest BCUT2D eigenvalue weighted by Crippen LogP contribution is -1.71. The van der Waals surface area contributed by atoms with E-state index in [1.54, 1.807) is 17.5 Å². The molecule has 0 aliphatic carbocycles. The standard InChI is InChI=1S/C9H10N2S/c1-2-7-3-4-8(12-7)9-10-5-6-11-9/h3-6H,2H2,1H3,(H,10,11). The highest BCUT2D eigenvalue weighted by atomic mass is 32.1. The number of thiophene rings is 1. The van der Waals surface area contributed by atoms with Crippen molar-refractivity contribution < 1.29 is 0 Å². The Morgan fingerprint density at radius 2 is 2.42 bits per heavy atom. The van der Waals surface area contributed by atoms with E-state index in [2.05, 4.69) is 29.0 Å². The second kappa shape index (κ2) is 3.11. The minimum atomic E-state index is 0.972. The molecule has 2 aromatic heterocycles. The summed E-state index contributed by atoms with van der Waals surface area (Å²) in [6.45, 7) is 2.16. The summed E-state index contributed by atoms with van der Waals surface area (Å²) in [5, 5.41) is 0. The average molecular weight is 178 g/mol. The second-order valence-electron chi connectivity index (χ2n) is 2.56. The molecule has 2 heterocycles. The van der Waals surface area contributed by atoms with Gasteiger partial charge >= 0.3 is 0 Å². The first-order valence-corrected chi connectivity index (χ1v) is 4.80. The maximum Gasteiger partial charge on any atom is 0.147 e. The fraction of sp³-hybridized carbons (Fsp3) is 0.222. The van der Waals surface area contributed by atoms with Gasteiger partial charge in [-0.1, -0.05) is 6.92 Å². The first kappa shape index (κ1) is 7.55. The quantitative estimate of drug-likeness (QED) is 0.752. The summed E-state index contributed by atoms with van der Waals surface area (Å²) >= 11 is 1.80. The molecule has 0 radical (unpaired) electrons. The van der Waals surface area contributed by atoms with Crippen LogP contribution in [0.1, 0.15) is 11.8 Å². The molecular weight excluding hydrogens is 168 g/mol. The lowest BCUT2D eigenvalue weighted by atomic mass is 10.3. The van der Waals surface area contributed by atoms with Crippen LogP contribution in [0.25, 0.3) is 10.7 Å². The number of aromatic amines is 1. The summed E-state index contributed by atoms with van der Waals surface area (Å²) < 4.78 is 0. The van der Waals surface area contributed by atoms with E-state index < -0.39 is 0 Å². The Bertz CT molecular complexity index is 348. The van der Waals surface area contributed by atoms with Gasteiger partial charge in [-0.2, -0.15) is 0 Å². The van der Waals surface area contributed by atoms with Crippen LogP contribution in [0.5, 0.6) is 0 Å². The smallest absolute Gasteiger partial charge is 0.147 e. The van der Waals surface area contributed by atoms with E-state index in [-0.39, 0.29) is 0 Å². The molecule has 0 aliphatic heterocycles. The molecule has 0 aliphatic rings. The zero-order valence-electron chi connectivity index (χ0n) is 6.87.